The van der Waals surface area contributed by atoms with Crippen molar-refractivity contribution in [2.24, 2.45) is 11.7 Å². The second-order valence-electron chi connectivity index (χ2n) is 3.20. The molecule has 0 heterocycles. The van der Waals surface area contributed by atoms with Crippen LogP contribution in [0.1, 0.15) is 26.2 Å². The Morgan fingerprint density at radius 2 is 2.25 bits per heavy atom. The molecule has 1 saturated carbocycles. The highest BCUT2D eigenvalue weighted by Crippen LogP contribution is 2.32. The second kappa shape index (κ2) is 4.10. The van der Waals surface area contributed by atoms with Gasteiger partial charge in [-0.1, -0.05) is 18.2 Å². The minimum Gasteiger partial charge on any atom is -0.366 e. The van der Waals surface area contributed by atoms with Crippen LogP contribution in [0.5, 0.6) is 0 Å². The van der Waals surface area contributed by atoms with Gasteiger partial charge in [0.1, 0.15) is 0 Å². The summed E-state index contributed by atoms with van der Waals surface area (Å²) < 4.78 is 0. The van der Waals surface area contributed by atoms with E-state index in [2.05, 4.69) is 0 Å². The molecule has 0 unspecified atom stereocenters. The van der Waals surface area contributed by atoms with Gasteiger partial charge in [-0.25, -0.2) is 0 Å². The van der Waals surface area contributed by atoms with E-state index in [1.807, 2.05) is 19.1 Å². The third-order valence-corrected chi connectivity index (χ3v) is 2.00. The van der Waals surface area contributed by atoms with Crippen molar-refractivity contribution in [2.75, 3.05) is 0 Å². The lowest BCUT2D eigenvalue weighted by atomic mass is 10.1. The zero-order valence-corrected chi connectivity index (χ0v) is 7.42. The maximum atomic E-state index is 10.8. The summed E-state index contributed by atoms with van der Waals surface area (Å²) in [7, 11) is 0. The number of hydrogen-bond acceptors (Lipinski definition) is 1. The number of hydrogen-bond donors (Lipinski definition) is 1. The first-order chi connectivity index (χ1) is 5.74. The molecule has 66 valence electrons. The number of carbonyl (C=O) groups excluding carboxylic acids is 1. The molecule has 1 rings (SSSR count). The normalized spacial score (nSPS) is 18.6. The maximum absolute atomic E-state index is 10.8. The first-order valence-corrected chi connectivity index (χ1v) is 4.36. The fourth-order valence-electron chi connectivity index (χ4n) is 1.08. The van der Waals surface area contributed by atoms with E-state index in [-0.39, 0.29) is 5.91 Å². The Kier molecular flexibility index (Phi) is 3.09. The Labute approximate surface area is 73.1 Å². The van der Waals surface area contributed by atoms with Gasteiger partial charge in [-0.3, -0.25) is 4.79 Å². The van der Waals surface area contributed by atoms with E-state index in [4.69, 9.17) is 5.73 Å². The van der Waals surface area contributed by atoms with Crippen LogP contribution in [0.15, 0.2) is 23.8 Å². The minimum atomic E-state index is -0.325. The van der Waals surface area contributed by atoms with E-state index in [1.54, 1.807) is 6.08 Å². The molecule has 0 aromatic carbocycles. The number of rotatable bonds is 4. The van der Waals surface area contributed by atoms with Crippen molar-refractivity contribution in [1.82, 2.24) is 0 Å². The number of amides is 1. The van der Waals surface area contributed by atoms with Crippen molar-refractivity contribution in [1.29, 1.82) is 0 Å². The molecule has 2 nitrogen and oxygen atoms in total. The first-order valence-electron chi connectivity index (χ1n) is 4.36. The van der Waals surface area contributed by atoms with Gasteiger partial charge in [-0.15, -0.1) is 0 Å². The second-order valence-corrected chi connectivity index (χ2v) is 3.20. The molecule has 12 heavy (non-hydrogen) atoms. The van der Waals surface area contributed by atoms with Crippen molar-refractivity contribution >= 4 is 5.91 Å². The van der Waals surface area contributed by atoms with Crippen molar-refractivity contribution in [3.8, 4) is 0 Å². The van der Waals surface area contributed by atoms with Gasteiger partial charge in [-0.05, 0) is 32.1 Å². The van der Waals surface area contributed by atoms with E-state index in [9.17, 15) is 4.79 Å². The van der Waals surface area contributed by atoms with Gasteiger partial charge in [0.15, 0.2) is 0 Å². The van der Waals surface area contributed by atoms with Crippen LogP contribution >= 0.6 is 0 Å². The molecule has 0 saturated heterocycles. The fourth-order valence-corrected chi connectivity index (χ4v) is 1.08. The molecular formula is C10H15NO. The Balaban J connectivity index is 2.49. The summed E-state index contributed by atoms with van der Waals surface area (Å²) in [6, 6.07) is 0. The van der Waals surface area contributed by atoms with Crippen LogP contribution in [0.4, 0.5) is 0 Å². The molecular weight excluding hydrogens is 150 g/mol. The monoisotopic (exact) mass is 165 g/mol. The van der Waals surface area contributed by atoms with Gasteiger partial charge in [0.05, 0.1) is 0 Å². The quantitative estimate of drug-likeness (QED) is 0.500. The highest BCUT2D eigenvalue weighted by Gasteiger charge is 2.19. The molecule has 0 aromatic heterocycles. The summed E-state index contributed by atoms with van der Waals surface area (Å²) in [5.41, 5.74) is 5.81. The van der Waals surface area contributed by atoms with Crippen LogP contribution < -0.4 is 5.73 Å². The predicted molar refractivity (Wildman–Crippen MR) is 49.4 cm³/mol. The van der Waals surface area contributed by atoms with Crippen LogP contribution in [0.2, 0.25) is 0 Å². The molecule has 0 bridgehead atoms. The number of primary amides is 1. The van der Waals surface area contributed by atoms with Crippen molar-refractivity contribution in [3.63, 3.8) is 0 Å². The molecule has 1 amide bonds. The molecule has 1 aliphatic carbocycles. The Morgan fingerprint density at radius 1 is 1.58 bits per heavy atom. The molecule has 1 fully saturated rings. The number of carbonyl (C=O) groups is 1. The highest BCUT2D eigenvalue weighted by molar-refractivity contribution is 5.94. The molecule has 1 aliphatic rings. The summed E-state index contributed by atoms with van der Waals surface area (Å²) in [5.74, 6) is 0.485. The molecule has 0 aromatic rings. The van der Waals surface area contributed by atoms with Crippen molar-refractivity contribution < 1.29 is 4.79 Å². The minimum absolute atomic E-state index is 0.325. The van der Waals surface area contributed by atoms with E-state index in [1.165, 1.54) is 12.8 Å². The zero-order chi connectivity index (χ0) is 8.97. The van der Waals surface area contributed by atoms with Gasteiger partial charge < -0.3 is 5.73 Å². The third-order valence-electron chi connectivity index (χ3n) is 2.00. The van der Waals surface area contributed by atoms with Crippen molar-refractivity contribution in [2.45, 2.75) is 26.2 Å². The van der Waals surface area contributed by atoms with Gasteiger partial charge in [0.2, 0.25) is 5.91 Å². The number of allylic oxidation sites excluding steroid dienone is 2. The van der Waals surface area contributed by atoms with E-state index < -0.39 is 0 Å². The molecule has 0 spiro atoms. The van der Waals surface area contributed by atoms with Crippen molar-refractivity contribution in [3.05, 3.63) is 23.8 Å². The molecule has 0 atom stereocenters. The van der Waals surface area contributed by atoms with E-state index in [0.717, 1.165) is 12.3 Å². The standard InChI is InChI=1S/C10H15NO/c1-2-3-9(10(11)12)7-6-8-4-5-8/h2-3,7-8H,4-6H2,1H3,(H2,11,12)/b3-2-,9-7+. The summed E-state index contributed by atoms with van der Waals surface area (Å²) in [5, 5.41) is 0. The summed E-state index contributed by atoms with van der Waals surface area (Å²) >= 11 is 0. The van der Waals surface area contributed by atoms with Gasteiger partial charge in [-0.2, -0.15) is 0 Å². The van der Waals surface area contributed by atoms with Crippen LogP contribution in [0.3, 0.4) is 0 Å². The highest BCUT2D eigenvalue weighted by atomic mass is 16.1. The molecule has 2 heteroatoms. The Bertz CT molecular complexity index is 224. The van der Waals surface area contributed by atoms with Crippen LogP contribution in [-0.2, 0) is 4.79 Å². The molecule has 2 N–H and O–H groups in total. The van der Waals surface area contributed by atoms with Gasteiger partial charge in [0.25, 0.3) is 0 Å². The fraction of sp³-hybridized carbons (Fsp3) is 0.500. The van der Waals surface area contributed by atoms with Crippen LogP contribution in [0.25, 0.3) is 0 Å². The van der Waals surface area contributed by atoms with Gasteiger partial charge in [0, 0.05) is 5.57 Å². The predicted octanol–water partition coefficient (Wildman–Crippen LogP) is 1.77. The Morgan fingerprint density at radius 3 is 2.67 bits per heavy atom. The maximum Gasteiger partial charge on any atom is 0.248 e. The van der Waals surface area contributed by atoms with Gasteiger partial charge >= 0.3 is 0 Å². The first kappa shape index (κ1) is 9.04. The average molecular weight is 165 g/mol. The van der Waals surface area contributed by atoms with Crippen LogP contribution in [-0.4, -0.2) is 5.91 Å². The summed E-state index contributed by atoms with van der Waals surface area (Å²) in [6.07, 6.45) is 9.16. The average Bonchev–Trinajstić information content (AvgIpc) is 2.80. The topological polar surface area (TPSA) is 43.1 Å². The van der Waals surface area contributed by atoms with Crippen LogP contribution in [0, 0.1) is 5.92 Å². The zero-order valence-electron chi connectivity index (χ0n) is 7.42. The lowest BCUT2D eigenvalue weighted by Gasteiger charge is -1.94. The van der Waals surface area contributed by atoms with E-state index >= 15 is 0 Å². The molecule has 0 aliphatic heterocycles. The Hall–Kier alpha value is -1.05. The number of nitrogens with two attached hydrogens (primary N) is 1. The molecule has 0 radical (unpaired) electrons. The summed E-state index contributed by atoms with van der Waals surface area (Å²) in [6.45, 7) is 1.88. The largest absolute Gasteiger partial charge is 0.366 e. The lowest BCUT2D eigenvalue weighted by molar-refractivity contribution is -0.114. The SMILES string of the molecule is C/C=C\C(=C/CC1CC1)C(N)=O. The van der Waals surface area contributed by atoms with E-state index in [0.29, 0.717) is 5.57 Å². The lowest BCUT2D eigenvalue weighted by Crippen LogP contribution is -2.12. The third kappa shape index (κ3) is 2.91. The smallest absolute Gasteiger partial charge is 0.248 e. The summed E-state index contributed by atoms with van der Waals surface area (Å²) in [4.78, 5) is 10.8.